The SMILES string of the molecule is CC(C)NC(=O)NC(C)(C)CNc1c([N+](=O)[O-])cnc2cc(OCc3ccccc3)ccc12. The summed E-state index contributed by atoms with van der Waals surface area (Å²) in [6.07, 6.45) is 1.23. The molecular weight excluding hydrogens is 422 g/mol. The zero-order valence-corrected chi connectivity index (χ0v) is 19.2. The number of aromatic nitrogens is 1. The normalized spacial score (nSPS) is 11.3. The van der Waals surface area contributed by atoms with Crippen molar-refractivity contribution in [1.82, 2.24) is 15.6 Å². The third-order valence-corrected chi connectivity index (χ3v) is 4.84. The van der Waals surface area contributed by atoms with Gasteiger partial charge in [0.25, 0.3) is 0 Å². The highest BCUT2D eigenvalue weighted by Crippen LogP contribution is 2.33. The number of pyridine rings is 1. The van der Waals surface area contributed by atoms with Crippen LogP contribution in [0.4, 0.5) is 16.2 Å². The van der Waals surface area contributed by atoms with E-state index in [1.165, 1.54) is 6.20 Å². The number of nitro groups is 1. The molecule has 3 rings (SSSR count). The number of rotatable bonds is 9. The molecule has 3 aromatic rings. The first-order valence-corrected chi connectivity index (χ1v) is 10.7. The molecule has 0 radical (unpaired) electrons. The van der Waals surface area contributed by atoms with Gasteiger partial charge in [-0.1, -0.05) is 30.3 Å². The number of carbonyl (C=O) groups excluding carboxylic acids is 1. The third-order valence-electron chi connectivity index (χ3n) is 4.84. The van der Waals surface area contributed by atoms with Gasteiger partial charge in [-0.25, -0.2) is 9.78 Å². The van der Waals surface area contributed by atoms with E-state index in [4.69, 9.17) is 4.74 Å². The summed E-state index contributed by atoms with van der Waals surface area (Å²) in [6.45, 7) is 8.09. The van der Waals surface area contributed by atoms with Crippen molar-refractivity contribution in [1.29, 1.82) is 0 Å². The Hall–Kier alpha value is -3.88. The molecule has 174 valence electrons. The van der Waals surface area contributed by atoms with Gasteiger partial charge in [0.1, 0.15) is 24.2 Å². The minimum Gasteiger partial charge on any atom is -0.489 e. The standard InChI is InChI=1S/C24H29N5O4/c1-16(2)27-23(30)28-24(3,4)15-26-22-19-11-10-18(33-14-17-8-6-5-7-9-17)12-20(19)25-13-21(22)29(31)32/h5-13,16H,14-15H2,1-4H3,(H,25,26)(H2,27,28,30). The van der Waals surface area contributed by atoms with Crippen LogP contribution in [0, 0.1) is 10.1 Å². The number of amides is 2. The van der Waals surface area contributed by atoms with Crippen LogP contribution in [-0.2, 0) is 6.61 Å². The second-order valence-electron chi connectivity index (χ2n) is 8.72. The van der Waals surface area contributed by atoms with Crippen LogP contribution in [0.5, 0.6) is 5.75 Å². The van der Waals surface area contributed by atoms with E-state index < -0.39 is 10.5 Å². The van der Waals surface area contributed by atoms with Crippen LogP contribution in [0.25, 0.3) is 10.9 Å². The lowest BCUT2D eigenvalue weighted by Crippen LogP contribution is -2.53. The Morgan fingerprint density at radius 3 is 2.58 bits per heavy atom. The second-order valence-corrected chi connectivity index (χ2v) is 8.72. The number of urea groups is 1. The van der Waals surface area contributed by atoms with Crippen LogP contribution < -0.4 is 20.7 Å². The predicted molar refractivity (Wildman–Crippen MR) is 129 cm³/mol. The van der Waals surface area contributed by atoms with Gasteiger partial charge in [-0.15, -0.1) is 0 Å². The number of nitrogens with zero attached hydrogens (tertiary/aromatic N) is 2. The Labute approximate surface area is 192 Å². The molecule has 0 aliphatic carbocycles. The third kappa shape index (κ3) is 6.55. The average Bonchev–Trinajstić information content (AvgIpc) is 2.75. The molecule has 2 amide bonds. The first kappa shape index (κ1) is 23.8. The van der Waals surface area contributed by atoms with Crippen molar-refractivity contribution in [2.45, 2.75) is 45.9 Å². The average molecular weight is 452 g/mol. The summed E-state index contributed by atoms with van der Waals surface area (Å²) in [7, 11) is 0. The molecule has 0 unspecified atom stereocenters. The van der Waals surface area contributed by atoms with Crippen LogP contribution >= 0.6 is 0 Å². The zero-order chi connectivity index (χ0) is 24.0. The van der Waals surface area contributed by atoms with Crippen LogP contribution in [0.2, 0.25) is 0 Å². The fourth-order valence-electron chi connectivity index (χ4n) is 3.28. The highest BCUT2D eigenvalue weighted by molar-refractivity contribution is 5.96. The molecule has 0 atom stereocenters. The fraction of sp³-hybridized carbons (Fsp3) is 0.333. The number of carbonyl (C=O) groups is 1. The van der Waals surface area contributed by atoms with E-state index in [9.17, 15) is 14.9 Å². The van der Waals surface area contributed by atoms with Gasteiger partial charge in [0, 0.05) is 24.0 Å². The number of nitrogens with one attached hydrogen (secondary N) is 3. The molecule has 2 aromatic carbocycles. The molecule has 0 fully saturated rings. The van der Waals surface area contributed by atoms with Crippen molar-refractivity contribution in [3.05, 3.63) is 70.4 Å². The van der Waals surface area contributed by atoms with Gasteiger partial charge in [-0.2, -0.15) is 0 Å². The Bertz CT molecular complexity index is 1130. The maximum Gasteiger partial charge on any atom is 0.315 e. The summed E-state index contributed by atoms with van der Waals surface area (Å²) in [5.41, 5.74) is 1.15. The maximum atomic E-state index is 12.1. The molecular formula is C24H29N5O4. The molecule has 0 saturated heterocycles. The lowest BCUT2D eigenvalue weighted by atomic mass is 10.1. The highest BCUT2D eigenvalue weighted by Gasteiger charge is 2.24. The lowest BCUT2D eigenvalue weighted by molar-refractivity contribution is -0.384. The first-order valence-electron chi connectivity index (χ1n) is 10.7. The van der Waals surface area contributed by atoms with Gasteiger partial charge in [0.15, 0.2) is 0 Å². The molecule has 0 bridgehead atoms. The smallest absolute Gasteiger partial charge is 0.315 e. The number of ether oxygens (including phenoxy) is 1. The molecule has 1 heterocycles. The van der Waals surface area contributed by atoms with E-state index in [0.29, 0.717) is 28.9 Å². The van der Waals surface area contributed by atoms with E-state index in [2.05, 4.69) is 20.9 Å². The number of benzene rings is 2. The molecule has 0 aliphatic heterocycles. The monoisotopic (exact) mass is 451 g/mol. The summed E-state index contributed by atoms with van der Waals surface area (Å²) >= 11 is 0. The van der Waals surface area contributed by atoms with Gasteiger partial charge < -0.3 is 20.7 Å². The zero-order valence-electron chi connectivity index (χ0n) is 19.2. The number of anilines is 1. The van der Waals surface area contributed by atoms with Gasteiger partial charge >= 0.3 is 11.7 Å². The maximum absolute atomic E-state index is 12.1. The van der Waals surface area contributed by atoms with Gasteiger partial charge in [-0.05, 0) is 45.4 Å². The Morgan fingerprint density at radius 2 is 1.91 bits per heavy atom. The van der Waals surface area contributed by atoms with Crippen molar-refractivity contribution in [2.75, 3.05) is 11.9 Å². The minimum absolute atomic E-state index is 0.00251. The number of hydrogen-bond acceptors (Lipinski definition) is 6. The molecule has 33 heavy (non-hydrogen) atoms. The van der Waals surface area contributed by atoms with E-state index in [1.807, 2.05) is 58.0 Å². The predicted octanol–water partition coefficient (Wildman–Crippen LogP) is 4.62. The molecule has 0 aliphatic rings. The van der Waals surface area contributed by atoms with Crippen molar-refractivity contribution in [3.8, 4) is 5.75 Å². The summed E-state index contributed by atoms with van der Waals surface area (Å²) in [5, 5.41) is 21.0. The number of hydrogen-bond donors (Lipinski definition) is 3. The Balaban J connectivity index is 1.81. The largest absolute Gasteiger partial charge is 0.489 e. The van der Waals surface area contributed by atoms with E-state index in [-0.39, 0.29) is 24.3 Å². The fourth-order valence-corrected chi connectivity index (χ4v) is 3.28. The topological polar surface area (TPSA) is 118 Å². The van der Waals surface area contributed by atoms with E-state index >= 15 is 0 Å². The molecule has 0 saturated carbocycles. The quantitative estimate of drug-likeness (QED) is 0.323. The molecule has 1 aromatic heterocycles. The lowest BCUT2D eigenvalue weighted by Gasteiger charge is -2.28. The molecule has 0 spiro atoms. The molecule has 9 heteroatoms. The van der Waals surface area contributed by atoms with Crippen LogP contribution in [0.1, 0.15) is 33.3 Å². The molecule has 3 N–H and O–H groups in total. The second kappa shape index (κ2) is 10.2. The van der Waals surface area contributed by atoms with Crippen LogP contribution in [0.15, 0.2) is 54.7 Å². The van der Waals surface area contributed by atoms with Gasteiger partial charge in [0.05, 0.1) is 16.0 Å². The number of fused-ring (bicyclic) bond motifs is 1. The Kier molecular flexibility index (Phi) is 7.32. The highest BCUT2D eigenvalue weighted by atomic mass is 16.6. The van der Waals surface area contributed by atoms with Crippen molar-refractivity contribution in [3.63, 3.8) is 0 Å². The van der Waals surface area contributed by atoms with Crippen LogP contribution in [0.3, 0.4) is 0 Å². The summed E-state index contributed by atoms with van der Waals surface area (Å²) < 4.78 is 5.86. The van der Waals surface area contributed by atoms with Crippen molar-refractivity contribution < 1.29 is 14.5 Å². The first-order chi connectivity index (χ1) is 15.6. The van der Waals surface area contributed by atoms with Crippen LogP contribution in [-0.4, -0.2) is 34.1 Å². The van der Waals surface area contributed by atoms with E-state index in [1.54, 1.807) is 18.2 Å². The van der Waals surface area contributed by atoms with E-state index in [0.717, 1.165) is 5.56 Å². The molecule has 9 nitrogen and oxygen atoms in total. The Morgan fingerprint density at radius 1 is 1.18 bits per heavy atom. The van der Waals surface area contributed by atoms with Crippen molar-refractivity contribution >= 4 is 28.3 Å². The summed E-state index contributed by atoms with van der Waals surface area (Å²) in [6, 6.07) is 14.8. The summed E-state index contributed by atoms with van der Waals surface area (Å²) in [4.78, 5) is 27.5. The minimum atomic E-state index is -0.666. The summed E-state index contributed by atoms with van der Waals surface area (Å²) in [5.74, 6) is 0.617. The van der Waals surface area contributed by atoms with Gasteiger partial charge in [0.2, 0.25) is 0 Å². The van der Waals surface area contributed by atoms with Crippen molar-refractivity contribution in [2.24, 2.45) is 0 Å². The van der Waals surface area contributed by atoms with Gasteiger partial charge in [-0.3, -0.25) is 10.1 Å².